The first kappa shape index (κ1) is 19.5. The zero-order valence-electron chi connectivity index (χ0n) is 15.8. The Morgan fingerprint density at radius 3 is 2.25 bits per heavy atom. The van der Waals surface area contributed by atoms with Crippen molar-refractivity contribution < 1.29 is 23.1 Å². The molecule has 1 aliphatic heterocycles. The molecule has 28 heavy (non-hydrogen) atoms. The van der Waals surface area contributed by atoms with Crippen LogP contribution in [0, 0.1) is 17.6 Å². The van der Waals surface area contributed by atoms with Gasteiger partial charge in [0, 0.05) is 18.3 Å². The van der Waals surface area contributed by atoms with Gasteiger partial charge in [-0.3, -0.25) is 14.5 Å². The molecule has 3 rings (SSSR count). The molecule has 0 saturated carbocycles. The molecule has 0 bridgehead atoms. The fourth-order valence-electron chi connectivity index (χ4n) is 2.97. The molecule has 0 radical (unpaired) electrons. The van der Waals surface area contributed by atoms with Crippen LogP contribution in [0.15, 0.2) is 48.2 Å². The predicted octanol–water partition coefficient (Wildman–Crippen LogP) is 3.82. The van der Waals surface area contributed by atoms with E-state index in [1.807, 2.05) is 13.8 Å². The number of halogens is 2. The Hall–Kier alpha value is -3.22. The van der Waals surface area contributed by atoms with Crippen molar-refractivity contribution in [2.75, 3.05) is 19.0 Å². The maximum Gasteiger partial charge on any atom is 0.278 e. The quantitative estimate of drug-likeness (QED) is 0.767. The summed E-state index contributed by atoms with van der Waals surface area (Å²) >= 11 is 0. The smallest absolute Gasteiger partial charge is 0.278 e. The van der Waals surface area contributed by atoms with Crippen molar-refractivity contribution >= 4 is 23.1 Å². The molecule has 0 atom stereocenters. The Kier molecular flexibility index (Phi) is 5.44. The molecule has 0 fully saturated rings. The first-order chi connectivity index (χ1) is 13.3. The van der Waals surface area contributed by atoms with E-state index in [0.717, 1.165) is 17.0 Å². The normalized spacial score (nSPS) is 14.3. The zero-order valence-corrected chi connectivity index (χ0v) is 15.8. The fourth-order valence-corrected chi connectivity index (χ4v) is 2.97. The van der Waals surface area contributed by atoms with Crippen molar-refractivity contribution in [3.8, 4) is 5.75 Å². The van der Waals surface area contributed by atoms with Crippen molar-refractivity contribution in [2.45, 2.75) is 13.8 Å². The van der Waals surface area contributed by atoms with Crippen LogP contribution < -0.4 is 10.1 Å². The van der Waals surface area contributed by atoms with Crippen molar-refractivity contribution in [3.05, 3.63) is 65.4 Å². The Morgan fingerprint density at radius 1 is 1.00 bits per heavy atom. The number of imide groups is 1. The number of methoxy groups -OCH3 is 1. The number of benzene rings is 2. The molecule has 0 saturated heterocycles. The number of amides is 2. The summed E-state index contributed by atoms with van der Waals surface area (Å²) in [6.45, 7) is 4.04. The largest absolute Gasteiger partial charge is 0.497 e. The van der Waals surface area contributed by atoms with Gasteiger partial charge in [0.2, 0.25) is 0 Å². The third-order valence-electron chi connectivity index (χ3n) is 4.28. The summed E-state index contributed by atoms with van der Waals surface area (Å²) in [5, 5.41) is 2.80. The van der Waals surface area contributed by atoms with Crippen molar-refractivity contribution in [2.24, 2.45) is 5.92 Å². The van der Waals surface area contributed by atoms with Crippen LogP contribution in [0.1, 0.15) is 19.4 Å². The third-order valence-corrected chi connectivity index (χ3v) is 4.28. The summed E-state index contributed by atoms with van der Waals surface area (Å²) in [7, 11) is 1.53. The summed E-state index contributed by atoms with van der Waals surface area (Å²) in [5.74, 6) is -2.30. The molecule has 0 spiro atoms. The predicted molar refractivity (Wildman–Crippen MR) is 101 cm³/mol. The average molecular weight is 386 g/mol. The molecular weight excluding hydrogens is 366 g/mol. The van der Waals surface area contributed by atoms with E-state index < -0.39 is 23.4 Å². The van der Waals surface area contributed by atoms with E-state index in [2.05, 4.69) is 5.32 Å². The highest BCUT2D eigenvalue weighted by Crippen LogP contribution is 2.32. The minimum Gasteiger partial charge on any atom is -0.497 e. The Morgan fingerprint density at radius 2 is 1.68 bits per heavy atom. The van der Waals surface area contributed by atoms with Crippen LogP contribution in [0.5, 0.6) is 5.75 Å². The molecular formula is C21H20F2N2O3. The lowest BCUT2D eigenvalue weighted by atomic mass is 10.0. The molecule has 7 heteroatoms. The standard InChI is InChI=1S/C21H20F2N2O3/c1-12(2)11-25-20(26)18(13-4-7-15(28-3)8-5-13)19(21(25)27)24-14-6-9-16(22)17(23)10-14/h4-10,12,24H,11H2,1-3H3. The van der Waals surface area contributed by atoms with Crippen LogP contribution in [0.4, 0.5) is 14.5 Å². The number of hydrogen-bond acceptors (Lipinski definition) is 4. The third kappa shape index (κ3) is 3.74. The molecule has 1 aliphatic rings. The second-order valence-corrected chi connectivity index (χ2v) is 6.85. The highest BCUT2D eigenvalue weighted by Gasteiger charge is 2.39. The van der Waals surface area contributed by atoms with Crippen molar-refractivity contribution in [1.29, 1.82) is 0 Å². The summed E-state index contributed by atoms with van der Waals surface area (Å²) in [5.41, 5.74) is 0.905. The van der Waals surface area contributed by atoms with Gasteiger partial charge in [0.1, 0.15) is 11.4 Å². The van der Waals surface area contributed by atoms with E-state index in [9.17, 15) is 18.4 Å². The number of anilines is 1. The molecule has 146 valence electrons. The molecule has 0 unspecified atom stereocenters. The van der Waals surface area contributed by atoms with E-state index in [1.54, 1.807) is 24.3 Å². The molecule has 1 heterocycles. The average Bonchev–Trinajstić information content (AvgIpc) is 2.89. The van der Waals surface area contributed by atoms with Gasteiger partial charge in [0.25, 0.3) is 11.8 Å². The Labute approximate surface area is 161 Å². The van der Waals surface area contributed by atoms with Gasteiger partial charge in [0.05, 0.1) is 12.7 Å². The summed E-state index contributed by atoms with van der Waals surface area (Å²) in [4.78, 5) is 27.0. The van der Waals surface area contributed by atoms with Crippen molar-refractivity contribution in [1.82, 2.24) is 4.90 Å². The van der Waals surface area contributed by atoms with Gasteiger partial charge in [-0.2, -0.15) is 0 Å². The molecule has 2 amide bonds. The molecule has 2 aromatic rings. The summed E-state index contributed by atoms with van der Waals surface area (Å²) < 4.78 is 31.9. The van der Waals surface area contributed by atoms with Gasteiger partial charge in [-0.25, -0.2) is 8.78 Å². The zero-order chi connectivity index (χ0) is 20.4. The minimum absolute atomic E-state index is 0.0295. The summed E-state index contributed by atoms with van der Waals surface area (Å²) in [6, 6.07) is 9.91. The SMILES string of the molecule is COc1ccc(C2=C(Nc3ccc(F)c(F)c3)C(=O)N(CC(C)C)C2=O)cc1. The Bertz CT molecular complexity index is 953. The summed E-state index contributed by atoms with van der Waals surface area (Å²) in [6.07, 6.45) is 0. The molecule has 2 aromatic carbocycles. The van der Waals surface area contributed by atoms with E-state index in [1.165, 1.54) is 13.2 Å². The lowest BCUT2D eigenvalue weighted by Crippen LogP contribution is -2.35. The van der Waals surface area contributed by atoms with E-state index >= 15 is 0 Å². The van der Waals surface area contributed by atoms with Gasteiger partial charge in [0.15, 0.2) is 11.6 Å². The maximum absolute atomic E-state index is 13.6. The highest BCUT2D eigenvalue weighted by molar-refractivity contribution is 6.36. The number of nitrogens with one attached hydrogen (secondary N) is 1. The second kappa shape index (κ2) is 7.80. The number of carbonyl (C=O) groups excluding carboxylic acids is 2. The maximum atomic E-state index is 13.6. The number of carbonyl (C=O) groups is 2. The van der Waals surface area contributed by atoms with Gasteiger partial charge in [-0.15, -0.1) is 0 Å². The molecule has 5 nitrogen and oxygen atoms in total. The lowest BCUT2D eigenvalue weighted by Gasteiger charge is -2.17. The van der Waals surface area contributed by atoms with Gasteiger partial charge in [-0.1, -0.05) is 26.0 Å². The Balaban J connectivity index is 2.06. The number of ether oxygens (including phenoxy) is 1. The van der Waals surface area contributed by atoms with Crippen LogP contribution in [0.2, 0.25) is 0 Å². The highest BCUT2D eigenvalue weighted by atomic mass is 19.2. The van der Waals surface area contributed by atoms with E-state index in [4.69, 9.17) is 4.74 Å². The number of hydrogen-bond donors (Lipinski definition) is 1. The van der Waals surface area contributed by atoms with E-state index in [0.29, 0.717) is 11.3 Å². The van der Waals surface area contributed by atoms with E-state index in [-0.39, 0.29) is 29.4 Å². The number of rotatable bonds is 6. The van der Waals surface area contributed by atoms with Crippen LogP contribution in [-0.2, 0) is 9.59 Å². The van der Waals surface area contributed by atoms with Gasteiger partial charge < -0.3 is 10.1 Å². The van der Waals surface area contributed by atoms with Crippen molar-refractivity contribution in [3.63, 3.8) is 0 Å². The van der Waals surface area contributed by atoms with Crippen LogP contribution in [0.25, 0.3) is 5.57 Å². The topological polar surface area (TPSA) is 58.6 Å². The monoisotopic (exact) mass is 386 g/mol. The molecule has 1 N–H and O–H groups in total. The van der Waals surface area contributed by atoms with Crippen LogP contribution in [0.3, 0.4) is 0 Å². The van der Waals surface area contributed by atoms with Crippen LogP contribution >= 0.6 is 0 Å². The lowest BCUT2D eigenvalue weighted by molar-refractivity contribution is -0.137. The minimum atomic E-state index is -1.05. The number of nitrogens with zero attached hydrogens (tertiary/aromatic N) is 1. The second-order valence-electron chi connectivity index (χ2n) is 6.85. The first-order valence-corrected chi connectivity index (χ1v) is 8.78. The fraction of sp³-hybridized carbons (Fsp3) is 0.238. The van der Waals surface area contributed by atoms with Crippen LogP contribution in [-0.4, -0.2) is 30.4 Å². The van der Waals surface area contributed by atoms with Gasteiger partial charge >= 0.3 is 0 Å². The first-order valence-electron chi connectivity index (χ1n) is 8.78. The molecule has 0 aromatic heterocycles. The molecule has 0 aliphatic carbocycles. The van der Waals surface area contributed by atoms with Gasteiger partial charge in [-0.05, 0) is 35.7 Å².